The highest BCUT2D eigenvalue weighted by atomic mass is 16.3. The van der Waals surface area contributed by atoms with Crippen LogP contribution in [-0.4, -0.2) is 15.0 Å². The Kier molecular flexibility index (Phi) is 8.09. The first-order valence-corrected chi connectivity index (χ1v) is 20.0. The minimum absolute atomic E-state index is 0.636. The van der Waals surface area contributed by atoms with Crippen molar-refractivity contribution in [2.45, 2.75) is 19.3 Å². The van der Waals surface area contributed by atoms with Crippen molar-refractivity contribution in [1.29, 1.82) is 0 Å². The number of aromatic nitrogens is 3. The van der Waals surface area contributed by atoms with Gasteiger partial charge in [0.2, 0.25) is 0 Å². The Morgan fingerprint density at radius 1 is 0.424 bits per heavy atom. The average Bonchev–Trinajstić information content (AvgIpc) is 3.69. The maximum absolute atomic E-state index is 6.86. The Labute approximate surface area is 342 Å². The summed E-state index contributed by atoms with van der Waals surface area (Å²) >= 11 is 0. The van der Waals surface area contributed by atoms with Gasteiger partial charge < -0.3 is 9.32 Å². The number of anilines is 3. The van der Waals surface area contributed by atoms with Gasteiger partial charge in [0.1, 0.15) is 11.2 Å². The fourth-order valence-electron chi connectivity index (χ4n) is 9.35. The molecular formula is C54H38N4O. The summed E-state index contributed by atoms with van der Waals surface area (Å²) in [5.41, 5.74) is 14.1. The van der Waals surface area contributed by atoms with E-state index in [1.54, 1.807) is 0 Å². The molecule has 0 saturated heterocycles. The molecule has 2 aromatic heterocycles. The Morgan fingerprint density at radius 3 is 1.47 bits per heavy atom. The van der Waals surface area contributed by atoms with E-state index in [0.717, 1.165) is 72.4 Å². The van der Waals surface area contributed by atoms with E-state index in [2.05, 4.69) is 146 Å². The topological polar surface area (TPSA) is 55.1 Å². The van der Waals surface area contributed by atoms with Gasteiger partial charge >= 0.3 is 0 Å². The van der Waals surface area contributed by atoms with Crippen LogP contribution in [-0.2, 0) is 5.41 Å². The molecule has 1 aliphatic rings. The third-order valence-corrected chi connectivity index (χ3v) is 11.8. The molecule has 280 valence electrons. The van der Waals surface area contributed by atoms with Gasteiger partial charge in [-0.25, -0.2) is 15.0 Å². The second kappa shape index (κ2) is 13.8. The Balaban J connectivity index is 1.14. The van der Waals surface area contributed by atoms with Gasteiger partial charge in [0.25, 0.3) is 0 Å². The van der Waals surface area contributed by atoms with Crippen molar-refractivity contribution in [1.82, 2.24) is 15.0 Å². The largest absolute Gasteiger partial charge is 0.456 e. The summed E-state index contributed by atoms with van der Waals surface area (Å²) in [5.74, 6) is 1.92. The lowest BCUT2D eigenvalue weighted by Gasteiger charge is -2.47. The van der Waals surface area contributed by atoms with Gasteiger partial charge in [-0.1, -0.05) is 164 Å². The third kappa shape index (κ3) is 5.43. The third-order valence-electron chi connectivity index (χ3n) is 11.8. The van der Waals surface area contributed by atoms with Gasteiger partial charge in [-0.3, -0.25) is 0 Å². The van der Waals surface area contributed by atoms with Crippen LogP contribution in [0.15, 0.2) is 199 Å². The summed E-state index contributed by atoms with van der Waals surface area (Å²) in [6.45, 7) is 4.39. The van der Waals surface area contributed by atoms with Crippen molar-refractivity contribution in [3.8, 4) is 34.2 Å². The standard InChI is InChI=1S/C54H38N4O/c1-35-33-39(53-56-51(37-19-6-3-7-20-37)55-52(57-53)38-21-8-4-9-22-38)34-36(2)49(35)58-46-30-15-13-27-43(46)54(40-23-10-5-11-24-40,44-28-14-16-31-47(44)58)45-29-18-26-42-41-25-12-17-32-48(41)59-50(42)45/h3-34H,1-2H3. The van der Waals surface area contributed by atoms with Crippen molar-refractivity contribution in [3.63, 3.8) is 0 Å². The highest BCUT2D eigenvalue weighted by Crippen LogP contribution is 2.59. The van der Waals surface area contributed by atoms with E-state index in [9.17, 15) is 0 Å². The number of aryl methyl sites for hydroxylation is 2. The zero-order valence-electron chi connectivity index (χ0n) is 32.7. The van der Waals surface area contributed by atoms with Gasteiger partial charge in [-0.2, -0.15) is 0 Å². The summed E-state index contributed by atoms with van der Waals surface area (Å²) in [4.78, 5) is 17.6. The monoisotopic (exact) mass is 758 g/mol. The highest BCUT2D eigenvalue weighted by molar-refractivity contribution is 6.07. The molecule has 5 nitrogen and oxygen atoms in total. The lowest BCUT2D eigenvalue weighted by atomic mass is 9.62. The van der Waals surface area contributed by atoms with Crippen LogP contribution >= 0.6 is 0 Å². The van der Waals surface area contributed by atoms with Crippen molar-refractivity contribution >= 4 is 39.0 Å². The fraction of sp³-hybridized carbons (Fsp3) is 0.0556. The van der Waals surface area contributed by atoms with Crippen molar-refractivity contribution in [3.05, 3.63) is 228 Å². The van der Waals surface area contributed by atoms with Gasteiger partial charge in [0.15, 0.2) is 17.5 Å². The van der Waals surface area contributed by atoms with Crippen LogP contribution in [0.5, 0.6) is 0 Å². The summed E-state index contributed by atoms with van der Waals surface area (Å²) in [6.07, 6.45) is 0. The van der Waals surface area contributed by atoms with Crippen LogP contribution < -0.4 is 4.90 Å². The number of hydrogen-bond donors (Lipinski definition) is 0. The normalized spacial score (nSPS) is 13.0. The molecule has 5 heteroatoms. The molecule has 1 aliphatic heterocycles. The molecule has 8 aromatic carbocycles. The molecule has 10 aromatic rings. The van der Waals surface area contributed by atoms with Gasteiger partial charge in [-0.05, 0) is 72.0 Å². The van der Waals surface area contributed by atoms with E-state index in [0.29, 0.717) is 17.5 Å². The van der Waals surface area contributed by atoms with Gasteiger partial charge in [0.05, 0.1) is 22.5 Å². The number of rotatable bonds is 6. The summed E-state index contributed by atoms with van der Waals surface area (Å²) in [7, 11) is 0. The first-order chi connectivity index (χ1) is 29.1. The van der Waals surface area contributed by atoms with E-state index in [1.807, 2.05) is 66.7 Å². The summed E-state index contributed by atoms with van der Waals surface area (Å²) < 4.78 is 6.86. The fourth-order valence-corrected chi connectivity index (χ4v) is 9.35. The van der Waals surface area contributed by atoms with Crippen LogP contribution in [0.2, 0.25) is 0 Å². The lowest BCUT2D eigenvalue weighted by Crippen LogP contribution is -2.38. The zero-order chi connectivity index (χ0) is 39.5. The van der Waals surface area contributed by atoms with E-state index < -0.39 is 5.41 Å². The Bertz CT molecular complexity index is 3060. The second-order valence-electron chi connectivity index (χ2n) is 15.3. The van der Waals surface area contributed by atoms with Crippen LogP contribution in [0, 0.1) is 13.8 Å². The van der Waals surface area contributed by atoms with Gasteiger partial charge in [-0.15, -0.1) is 0 Å². The molecule has 11 rings (SSSR count). The number of fused-ring (bicyclic) bond motifs is 5. The minimum atomic E-state index is -0.702. The number of hydrogen-bond acceptors (Lipinski definition) is 5. The van der Waals surface area contributed by atoms with Crippen molar-refractivity contribution in [2.75, 3.05) is 4.90 Å². The molecule has 0 aliphatic carbocycles. The predicted molar refractivity (Wildman–Crippen MR) is 239 cm³/mol. The minimum Gasteiger partial charge on any atom is -0.456 e. The maximum Gasteiger partial charge on any atom is 0.164 e. The first kappa shape index (κ1) is 34.6. The molecule has 0 atom stereocenters. The lowest BCUT2D eigenvalue weighted by molar-refractivity contribution is 0.643. The molecule has 0 saturated carbocycles. The number of benzene rings is 8. The van der Waals surface area contributed by atoms with Crippen molar-refractivity contribution in [2.24, 2.45) is 0 Å². The molecule has 0 bridgehead atoms. The molecule has 3 heterocycles. The molecule has 0 amide bonds. The van der Waals surface area contributed by atoms with Crippen LogP contribution in [0.1, 0.15) is 33.4 Å². The summed E-state index contributed by atoms with van der Waals surface area (Å²) in [5, 5.41) is 2.22. The predicted octanol–water partition coefficient (Wildman–Crippen LogP) is 13.6. The first-order valence-electron chi connectivity index (χ1n) is 20.0. The second-order valence-corrected chi connectivity index (χ2v) is 15.3. The molecule has 0 N–H and O–H groups in total. The highest BCUT2D eigenvalue weighted by Gasteiger charge is 2.48. The van der Waals surface area contributed by atoms with Crippen LogP contribution in [0.4, 0.5) is 17.1 Å². The van der Waals surface area contributed by atoms with E-state index in [-0.39, 0.29) is 0 Å². The zero-order valence-corrected chi connectivity index (χ0v) is 32.7. The number of para-hydroxylation sites is 4. The molecular weight excluding hydrogens is 721 g/mol. The molecule has 0 radical (unpaired) electrons. The molecule has 0 spiro atoms. The van der Waals surface area contributed by atoms with Gasteiger partial charge in [0, 0.05) is 33.0 Å². The Hall–Kier alpha value is -7.63. The maximum atomic E-state index is 6.86. The average molecular weight is 759 g/mol. The Morgan fingerprint density at radius 2 is 0.881 bits per heavy atom. The molecule has 0 fully saturated rings. The number of furan rings is 1. The van der Waals surface area contributed by atoms with Crippen LogP contribution in [0.3, 0.4) is 0 Å². The van der Waals surface area contributed by atoms with E-state index in [4.69, 9.17) is 19.4 Å². The molecule has 59 heavy (non-hydrogen) atoms. The number of nitrogens with zero attached hydrogens (tertiary/aromatic N) is 4. The molecule has 0 unspecified atom stereocenters. The quantitative estimate of drug-likeness (QED) is 0.169. The smallest absolute Gasteiger partial charge is 0.164 e. The van der Waals surface area contributed by atoms with Crippen molar-refractivity contribution < 1.29 is 4.42 Å². The van der Waals surface area contributed by atoms with Crippen LogP contribution in [0.25, 0.3) is 56.1 Å². The SMILES string of the molecule is Cc1cc(-c2nc(-c3ccccc3)nc(-c3ccccc3)n2)cc(C)c1N1c2ccccc2C(c2ccccc2)(c2cccc3c2oc2ccccc23)c2ccccc21. The van der Waals surface area contributed by atoms with E-state index in [1.165, 1.54) is 16.7 Å². The summed E-state index contributed by atoms with van der Waals surface area (Å²) in [6, 6.07) is 68.3. The van der Waals surface area contributed by atoms with E-state index >= 15 is 0 Å².